The van der Waals surface area contributed by atoms with E-state index in [2.05, 4.69) is 21.9 Å². The Kier molecular flexibility index (Phi) is 3.34. The summed E-state index contributed by atoms with van der Waals surface area (Å²) in [6, 6.07) is 1.66. The highest BCUT2D eigenvalue weighted by molar-refractivity contribution is 5.87. The van der Waals surface area contributed by atoms with Crippen molar-refractivity contribution < 1.29 is 4.79 Å². The van der Waals surface area contributed by atoms with Crippen LogP contribution in [0.3, 0.4) is 0 Å². The Morgan fingerprint density at radius 3 is 3.00 bits per heavy atom. The molecule has 1 amide bonds. The van der Waals surface area contributed by atoms with Crippen LogP contribution < -0.4 is 5.32 Å². The Balaban J connectivity index is 2.74. The van der Waals surface area contributed by atoms with Crippen LogP contribution in [-0.4, -0.2) is 15.9 Å². The van der Waals surface area contributed by atoms with Gasteiger partial charge in [-0.2, -0.15) is 0 Å². The summed E-state index contributed by atoms with van der Waals surface area (Å²) in [7, 11) is 0. The molecule has 4 nitrogen and oxygen atoms in total. The maximum absolute atomic E-state index is 11.0. The average molecular weight is 191 g/mol. The van der Waals surface area contributed by atoms with Crippen molar-refractivity contribution >= 4 is 5.91 Å². The number of hydrogen-bond acceptors (Lipinski definition) is 3. The normalized spacial score (nSPS) is 11.9. The Morgan fingerprint density at radius 2 is 2.43 bits per heavy atom. The molecule has 0 saturated carbocycles. The van der Waals surface area contributed by atoms with Gasteiger partial charge in [-0.1, -0.05) is 6.58 Å². The van der Waals surface area contributed by atoms with Gasteiger partial charge in [0.25, 0.3) is 0 Å². The summed E-state index contributed by atoms with van der Waals surface area (Å²) in [6.07, 6.45) is 2.92. The lowest BCUT2D eigenvalue weighted by Crippen LogP contribution is -2.25. The molecule has 1 N–H and O–H groups in total. The van der Waals surface area contributed by atoms with Crippen molar-refractivity contribution in [2.75, 3.05) is 0 Å². The first-order valence-electron chi connectivity index (χ1n) is 4.36. The number of aromatic nitrogens is 2. The van der Waals surface area contributed by atoms with Gasteiger partial charge in [0.05, 0.1) is 11.7 Å². The van der Waals surface area contributed by atoms with E-state index in [0.29, 0.717) is 5.82 Å². The first kappa shape index (κ1) is 10.4. The van der Waals surface area contributed by atoms with E-state index >= 15 is 0 Å². The number of carbonyl (C=O) groups is 1. The highest BCUT2D eigenvalue weighted by Gasteiger charge is 2.08. The van der Waals surface area contributed by atoms with Gasteiger partial charge in [-0.25, -0.2) is 9.97 Å². The molecule has 0 aliphatic heterocycles. The van der Waals surface area contributed by atoms with Crippen LogP contribution in [0.15, 0.2) is 24.9 Å². The smallest absolute Gasteiger partial charge is 0.243 e. The molecule has 0 aliphatic carbocycles. The molecule has 1 aromatic heterocycles. The van der Waals surface area contributed by atoms with Crippen molar-refractivity contribution in [3.63, 3.8) is 0 Å². The lowest BCUT2D eigenvalue weighted by molar-refractivity contribution is -0.117. The summed E-state index contributed by atoms with van der Waals surface area (Å²) in [5.74, 6) is 0.496. The second-order valence-corrected chi connectivity index (χ2v) is 2.96. The van der Waals surface area contributed by atoms with Crippen molar-refractivity contribution in [2.24, 2.45) is 0 Å². The van der Waals surface area contributed by atoms with Gasteiger partial charge in [0.1, 0.15) is 5.82 Å². The molecule has 74 valence electrons. The van der Waals surface area contributed by atoms with E-state index in [4.69, 9.17) is 0 Å². The molecule has 1 unspecified atom stereocenters. The highest BCUT2D eigenvalue weighted by Crippen LogP contribution is 2.07. The third-order valence-corrected chi connectivity index (χ3v) is 1.79. The summed E-state index contributed by atoms with van der Waals surface area (Å²) in [6.45, 7) is 7.06. The zero-order valence-electron chi connectivity index (χ0n) is 8.32. The monoisotopic (exact) mass is 191 g/mol. The van der Waals surface area contributed by atoms with Gasteiger partial charge in [0.2, 0.25) is 5.91 Å². The molecule has 0 saturated heterocycles. The topological polar surface area (TPSA) is 54.9 Å². The van der Waals surface area contributed by atoms with E-state index in [1.54, 1.807) is 12.3 Å². The summed E-state index contributed by atoms with van der Waals surface area (Å²) >= 11 is 0. The second kappa shape index (κ2) is 4.50. The molecule has 14 heavy (non-hydrogen) atoms. The maximum atomic E-state index is 11.0. The van der Waals surface area contributed by atoms with Crippen molar-refractivity contribution in [3.8, 4) is 0 Å². The van der Waals surface area contributed by atoms with Crippen molar-refractivity contribution in [3.05, 3.63) is 36.4 Å². The first-order valence-corrected chi connectivity index (χ1v) is 4.36. The van der Waals surface area contributed by atoms with Crippen molar-refractivity contribution in [1.82, 2.24) is 15.3 Å². The zero-order chi connectivity index (χ0) is 10.6. The highest BCUT2D eigenvalue weighted by atomic mass is 16.1. The van der Waals surface area contributed by atoms with E-state index in [9.17, 15) is 4.79 Å². The fourth-order valence-corrected chi connectivity index (χ4v) is 1.06. The first-order chi connectivity index (χ1) is 6.63. The van der Waals surface area contributed by atoms with Crippen LogP contribution in [0.25, 0.3) is 0 Å². The molecule has 0 fully saturated rings. The predicted octanol–water partition coefficient (Wildman–Crippen LogP) is 1.15. The minimum atomic E-state index is -0.200. The Morgan fingerprint density at radius 1 is 1.71 bits per heavy atom. The number of nitrogens with zero attached hydrogens (tertiary/aromatic N) is 2. The fraction of sp³-hybridized carbons (Fsp3) is 0.300. The van der Waals surface area contributed by atoms with Crippen LogP contribution in [-0.2, 0) is 4.79 Å². The van der Waals surface area contributed by atoms with Gasteiger partial charge in [-0.15, -0.1) is 0 Å². The third-order valence-electron chi connectivity index (χ3n) is 1.79. The third kappa shape index (κ3) is 2.65. The van der Waals surface area contributed by atoms with Gasteiger partial charge >= 0.3 is 0 Å². The second-order valence-electron chi connectivity index (χ2n) is 2.96. The van der Waals surface area contributed by atoms with Gasteiger partial charge in [-0.05, 0) is 26.0 Å². The molecule has 1 aromatic rings. The fourth-order valence-electron chi connectivity index (χ4n) is 1.06. The number of nitrogens with one attached hydrogen (secondary N) is 1. The van der Waals surface area contributed by atoms with Crippen LogP contribution in [0, 0.1) is 6.92 Å². The minimum Gasteiger partial charge on any atom is -0.344 e. The van der Waals surface area contributed by atoms with Gasteiger partial charge in [-0.3, -0.25) is 4.79 Å². The molecule has 1 heterocycles. The summed E-state index contributed by atoms with van der Waals surface area (Å²) in [5, 5.41) is 2.73. The van der Waals surface area contributed by atoms with Gasteiger partial charge in [0, 0.05) is 6.20 Å². The molecule has 4 heteroatoms. The van der Waals surface area contributed by atoms with Crippen LogP contribution in [0.1, 0.15) is 24.5 Å². The minimum absolute atomic E-state index is 0.123. The van der Waals surface area contributed by atoms with E-state index in [1.165, 1.54) is 6.08 Å². The SMILES string of the molecule is C=CC(=O)NC(C)c1ccnc(C)n1. The van der Waals surface area contributed by atoms with Gasteiger partial charge < -0.3 is 5.32 Å². The Hall–Kier alpha value is -1.71. The molecule has 1 rings (SSSR count). The summed E-state index contributed by atoms with van der Waals surface area (Å²) in [4.78, 5) is 19.2. The Labute approximate surface area is 83.1 Å². The number of hydrogen-bond donors (Lipinski definition) is 1. The lowest BCUT2D eigenvalue weighted by atomic mass is 10.2. The molecule has 0 radical (unpaired) electrons. The van der Waals surface area contributed by atoms with Crippen molar-refractivity contribution in [1.29, 1.82) is 0 Å². The molecule has 0 aromatic carbocycles. The van der Waals surface area contributed by atoms with Crippen LogP contribution in [0.4, 0.5) is 0 Å². The van der Waals surface area contributed by atoms with E-state index in [1.807, 2.05) is 13.8 Å². The molecule has 0 bridgehead atoms. The number of amides is 1. The van der Waals surface area contributed by atoms with Gasteiger partial charge in [0.15, 0.2) is 0 Å². The maximum Gasteiger partial charge on any atom is 0.243 e. The molecule has 0 spiro atoms. The summed E-state index contributed by atoms with van der Waals surface area (Å²) in [5.41, 5.74) is 0.799. The van der Waals surface area contributed by atoms with Crippen LogP contribution >= 0.6 is 0 Å². The largest absolute Gasteiger partial charge is 0.344 e. The molecule has 0 aliphatic rings. The van der Waals surface area contributed by atoms with Crippen LogP contribution in [0.5, 0.6) is 0 Å². The number of aryl methyl sites for hydroxylation is 1. The average Bonchev–Trinajstić information content (AvgIpc) is 2.17. The predicted molar refractivity (Wildman–Crippen MR) is 53.5 cm³/mol. The van der Waals surface area contributed by atoms with Crippen molar-refractivity contribution in [2.45, 2.75) is 19.9 Å². The van der Waals surface area contributed by atoms with E-state index in [-0.39, 0.29) is 11.9 Å². The van der Waals surface area contributed by atoms with E-state index < -0.39 is 0 Å². The zero-order valence-corrected chi connectivity index (χ0v) is 8.32. The standard InChI is InChI=1S/C10H13N3O/c1-4-10(14)12-7(2)9-5-6-11-8(3)13-9/h4-7H,1H2,2-3H3,(H,12,14). The van der Waals surface area contributed by atoms with Crippen LogP contribution in [0.2, 0.25) is 0 Å². The lowest BCUT2D eigenvalue weighted by Gasteiger charge is -2.11. The molecule has 1 atom stereocenters. The Bertz CT molecular complexity index is 349. The quantitative estimate of drug-likeness (QED) is 0.729. The number of rotatable bonds is 3. The molecular weight excluding hydrogens is 178 g/mol. The number of carbonyl (C=O) groups excluding carboxylic acids is 1. The summed E-state index contributed by atoms with van der Waals surface area (Å²) < 4.78 is 0. The van der Waals surface area contributed by atoms with E-state index in [0.717, 1.165) is 5.69 Å². The molecular formula is C10H13N3O.